The molecule has 0 spiro atoms. The maximum Gasteiger partial charge on any atom is 0.254 e. The average molecular weight is 370 g/mol. The first kappa shape index (κ1) is 16.6. The molecule has 142 valence electrons. The van der Waals surface area contributed by atoms with Crippen LogP contribution in [-0.4, -0.2) is 50.6 Å². The van der Waals surface area contributed by atoms with E-state index in [0.717, 1.165) is 19.3 Å². The molecule has 1 saturated heterocycles. The standard InChI is InChI=1S/C19H22N4O4/c1-9-20-13-7-22(5-4-12(13)17(25)21-9)14(24)8-23-18(26)15-10-2-3-11(6-10)16(15)19(23)27/h10-11,15-16H,2-8H2,1H3,(H,20,21,25)/t10-,11+,15-,16+. The van der Waals surface area contributed by atoms with Gasteiger partial charge in [0, 0.05) is 12.1 Å². The molecule has 4 atom stereocenters. The van der Waals surface area contributed by atoms with Gasteiger partial charge in [0.25, 0.3) is 5.56 Å². The Morgan fingerprint density at radius 2 is 1.81 bits per heavy atom. The monoisotopic (exact) mass is 370 g/mol. The lowest BCUT2D eigenvalue weighted by atomic mass is 9.81. The number of aromatic amines is 1. The highest BCUT2D eigenvalue weighted by Gasteiger charge is 2.61. The normalized spacial score (nSPS) is 31.4. The first-order valence-corrected chi connectivity index (χ1v) is 9.65. The van der Waals surface area contributed by atoms with E-state index in [1.54, 1.807) is 11.8 Å². The van der Waals surface area contributed by atoms with E-state index >= 15 is 0 Å². The van der Waals surface area contributed by atoms with Crippen LogP contribution in [0.5, 0.6) is 0 Å². The maximum atomic E-state index is 12.8. The molecule has 1 aromatic rings. The molecule has 0 radical (unpaired) electrons. The summed E-state index contributed by atoms with van der Waals surface area (Å²) in [5.41, 5.74) is 1.06. The van der Waals surface area contributed by atoms with Crippen LogP contribution in [0.4, 0.5) is 0 Å². The van der Waals surface area contributed by atoms with E-state index in [-0.39, 0.29) is 48.2 Å². The second-order valence-electron chi connectivity index (χ2n) is 8.29. The van der Waals surface area contributed by atoms with Crippen LogP contribution in [0.2, 0.25) is 0 Å². The molecule has 2 aliphatic heterocycles. The summed E-state index contributed by atoms with van der Waals surface area (Å²) in [6.07, 6.45) is 3.46. The van der Waals surface area contributed by atoms with E-state index in [1.807, 2.05) is 0 Å². The fourth-order valence-electron chi connectivity index (χ4n) is 5.64. The smallest absolute Gasteiger partial charge is 0.254 e. The van der Waals surface area contributed by atoms with Gasteiger partial charge in [0.2, 0.25) is 17.7 Å². The molecule has 8 heteroatoms. The third-order valence-corrected chi connectivity index (χ3v) is 6.86. The lowest BCUT2D eigenvalue weighted by Gasteiger charge is -2.29. The van der Waals surface area contributed by atoms with Gasteiger partial charge < -0.3 is 9.88 Å². The molecular formula is C19H22N4O4. The van der Waals surface area contributed by atoms with Crippen LogP contribution >= 0.6 is 0 Å². The summed E-state index contributed by atoms with van der Waals surface area (Å²) < 4.78 is 0. The molecule has 0 unspecified atom stereocenters. The number of imide groups is 1. The number of nitrogens with zero attached hydrogens (tertiary/aromatic N) is 3. The summed E-state index contributed by atoms with van der Waals surface area (Å²) in [7, 11) is 0. The number of aryl methyl sites for hydroxylation is 1. The van der Waals surface area contributed by atoms with Gasteiger partial charge in [0.1, 0.15) is 12.4 Å². The summed E-state index contributed by atoms with van der Waals surface area (Å²) in [5, 5.41) is 0. The molecule has 0 aromatic carbocycles. The Morgan fingerprint density at radius 3 is 2.48 bits per heavy atom. The van der Waals surface area contributed by atoms with Crippen molar-refractivity contribution >= 4 is 17.7 Å². The fraction of sp³-hybridized carbons (Fsp3) is 0.632. The van der Waals surface area contributed by atoms with Crippen molar-refractivity contribution in [2.45, 2.75) is 39.2 Å². The zero-order valence-corrected chi connectivity index (χ0v) is 15.2. The summed E-state index contributed by atoms with van der Waals surface area (Å²) in [4.78, 5) is 60.1. The molecule has 2 aliphatic carbocycles. The number of carbonyl (C=O) groups is 3. The Morgan fingerprint density at radius 1 is 1.15 bits per heavy atom. The maximum absolute atomic E-state index is 12.8. The first-order valence-electron chi connectivity index (χ1n) is 9.65. The second-order valence-corrected chi connectivity index (χ2v) is 8.29. The quantitative estimate of drug-likeness (QED) is 0.738. The summed E-state index contributed by atoms with van der Waals surface area (Å²) in [6, 6.07) is 0. The first-order chi connectivity index (χ1) is 12.9. The minimum absolute atomic E-state index is 0.155. The number of amides is 3. The number of carbonyl (C=O) groups excluding carboxylic acids is 3. The molecule has 2 bridgehead atoms. The highest BCUT2D eigenvalue weighted by atomic mass is 16.2. The van der Waals surface area contributed by atoms with Gasteiger partial charge >= 0.3 is 0 Å². The fourth-order valence-corrected chi connectivity index (χ4v) is 5.64. The van der Waals surface area contributed by atoms with Gasteiger partial charge in [-0.15, -0.1) is 0 Å². The zero-order valence-electron chi connectivity index (χ0n) is 15.2. The highest BCUT2D eigenvalue weighted by molar-refractivity contribution is 6.08. The van der Waals surface area contributed by atoms with Crippen LogP contribution in [0.25, 0.3) is 0 Å². The van der Waals surface area contributed by atoms with Crippen molar-refractivity contribution in [2.75, 3.05) is 13.1 Å². The van der Waals surface area contributed by atoms with Crippen LogP contribution in [0, 0.1) is 30.6 Å². The molecule has 8 nitrogen and oxygen atoms in total. The molecule has 1 aromatic heterocycles. The average Bonchev–Trinajstić information content (AvgIpc) is 3.31. The Labute approximate surface area is 155 Å². The van der Waals surface area contributed by atoms with Gasteiger partial charge in [-0.25, -0.2) is 4.98 Å². The van der Waals surface area contributed by atoms with Gasteiger partial charge in [-0.05, 0) is 44.4 Å². The molecule has 3 fully saturated rings. The van der Waals surface area contributed by atoms with Crippen molar-refractivity contribution in [2.24, 2.45) is 23.7 Å². The third kappa shape index (κ3) is 2.38. The molecule has 2 saturated carbocycles. The minimum Gasteiger partial charge on any atom is -0.335 e. The number of likely N-dealkylation sites (tertiary alicyclic amines) is 1. The number of hydrogen-bond donors (Lipinski definition) is 1. The number of aromatic nitrogens is 2. The lowest BCUT2D eigenvalue weighted by molar-refractivity contribution is -0.147. The number of hydrogen-bond acceptors (Lipinski definition) is 5. The molecule has 5 rings (SSSR count). The van der Waals surface area contributed by atoms with Crippen LogP contribution in [0.3, 0.4) is 0 Å². The molecular weight excluding hydrogens is 348 g/mol. The van der Waals surface area contributed by atoms with Crippen LogP contribution in [0.1, 0.15) is 36.3 Å². The molecule has 4 aliphatic rings. The van der Waals surface area contributed by atoms with Crippen molar-refractivity contribution in [1.82, 2.24) is 19.8 Å². The van der Waals surface area contributed by atoms with E-state index in [9.17, 15) is 19.2 Å². The SMILES string of the molecule is Cc1nc2c(c(=O)[nH]1)CCN(C(=O)CN1C(=O)[C@@H]3[C@@H]4CC[C@@H](C4)[C@@H]3C1=O)C2. The van der Waals surface area contributed by atoms with Crippen LogP contribution in [-0.2, 0) is 27.3 Å². The Bertz CT molecular complexity index is 895. The van der Waals surface area contributed by atoms with E-state index < -0.39 is 0 Å². The van der Waals surface area contributed by atoms with Gasteiger partial charge in [0.15, 0.2) is 0 Å². The van der Waals surface area contributed by atoms with Crippen molar-refractivity contribution < 1.29 is 14.4 Å². The van der Waals surface area contributed by atoms with Crippen molar-refractivity contribution in [3.8, 4) is 0 Å². The highest BCUT2D eigenvalue weighted by Crippen LogP contribution is 2.56. The van der Waals surface area contributed by atoms with E-state index in [2.05, 4.69) is 9.97 Å². The van der Waals surface area contributed by atoms with E-state index in [4.69, 9.17) is 0 Å². The summed E-state index contributed by atoms with van der Waals surface area (Å²) in [6.45, 7) is 2.15. The van der Waals surface area contributed by atoms with E-state index in [0.29, 0.717) is 41.9 Å². The molecule has 1 N–H and O–H groups in total. The predicted octanol–water partition coefficient (Wildman–Crippen LogP) is -0.00588. The summed E-state index contributed by atoms with van der Waals surface area (Å²) >= 11 is 0. The number of fused-ring (bicyclic) bond motifs is 6. The van der Waals surface area contributed by atoms with Gasteiger partial charge in [0.05, 0.1) is 24.1 Å². The van der Waals surface area contributed by atoms with Crippen LogP contribution in [0.15, 0.2) is 4.79 Å². The minimum atomic E-state index is -0.255. The number of nitrogens with one attached hydrogen (secondary N) is 1. The third-order valence-electron chi connectivity index (χ3n) is 6.86. The van der Waals surface area contributed by atoms with Crippen molar-refractivity contribution in [3.63, 3.8) is 0 Å². The molecule has 3 amide bonds. The Hall–Kier alpha value is -2.51. The van der Waals surface area contributed by atoms with Gasteiger partial charge in [-0.3, -0.25) is 24.1 Å². The van der Waals surface area contributed by atoms with Gasteiger partial charge in [-0.2, -0.15) is 0 Å². The number of H-pyrrole nitrogens is 1. The number of rotatable bonds is 2. The largest absolute Gasteiger partial charge is 0.335 e. The Balaban J connectivity index is 1.32. The lowest BCUT2D eigenvalue weighted by Crippen LogP contribution is -2.46. The van der Waals surface area contributed by atoms with E-state index in [1.165, 1.54) is 4.90 Å². The van der Waals surface area contributed by atoms with Crippen molar-refractivity contribution in [1.29, 1.82) is 0 Å². The summed E-state index contributed by atoms with van der Waals surface area (Å²) in [5.74, 6) is 0.176. The zero-order chi connectivity index (χ0) is 18.9. The molecule has 27 heavy (non-hydrogen) atoms. The second kappa shape index (κ2) is 5.74. The molecule has 3 heterocycles. The Kier molecular flexibility index (Phi) is 3.54. The predicted molar refractivity (Wildman–Crippen MR) is 93.2 cm³/mol. The van der Waals surface area contributed by atoms with Crippen LogP contribution < -0.4 is 5.56 Å². The van der Waals surface area contributed by atoms with Gasteiger partial charge in [-0.1, -0.05) is 0 Å². The van der Waals surface area contributed by atoms with Crippen molar-refractivity contribution in [3.05, 3.63) is 27.4 Å². The topological polar surface area (TPSA) is 103 Å².